The summed E-state index contributed by atoms with van der Waals surface area (Å²) in [6.45, 7) is 3.80. The van der Waals surface area contributed by atoms with Gasteiger partial charge in [-0.2, -0.15) is 0 Å². The number of rotatable bonds is 16. The summed E-state index contributed by atoms with van der Waals surface area (Å²) >= 11 is 0. The van der Waals surface area contributed by atoms with Gasteiger partial charge >= 0.3 is 11.9 Å². The molecular weight excluding hydrogens is 328 g/mol. The van der Waals surface area contributed by atoms with Gasteiger partial charge in [-0.15, -0.1) is 0 Å². The Hall–Kier alpha value is -1.32. The van der Waals surface area contributed by atoms with Gasteiger partial charge in [-0.25, -0.2) is 9.59 Å². The SMILES string of the molecule is CCCCCCCCCCCCCCCC[C@@H]1OC(=O)C(C)=C1C(=O)O. The van der Waals surface area contributed by atoms with Crippen molar-refractivity contribution < 1.29 is 19.4 Å². The van der Waals surface area contributed by atoms with Crippen molar-refractivity contribution in [3.05, 3.63) is 11.1 Å². The first kappa shape index (κ1) is 22.7. The monoisotopic (exact) mass is 366 g/mol. The topological polar surface area (TPSA) is 63.6 Å². The normalized spacial score (nSPS) is 17.0. The van der Waals surface area contributed by atoms with E-state index in [9.17, 15) is 14.7 Å². The second kappa shape index (κ2) is 13.8. The zero-order chi connectivity index (χ0) is 19.2. The maximum absolute atomic E-state index is 11.5. The molecule has 0 spiro atoms. The lowest BCUT2D eigenvalue weighted by atomic mass is 10.00. The van der Waals surface area contributed by atoms with Gasteiger partial charge in [0.1, 0.15) is 6.10 Å². The summed E-state index contributed by atoms with van der Waals surface area (Å²) in [5.41, 5.74) is 0.414. The van der Waals surface area contributed by atoms with Crippen molar-refractivity contribution in [3.8, 4) is 0 Å². The fourth-order valence-corrected chi connectivity index (χ4v) is 3.65. The molecule has 0 fully saturated rings. The fourth-order valence-electron chi connectivity index (χ4n) is 3.65. The third-order valence-electron chi connectivity index (χ3n) is 5.33. The predicted molar refractivity (Wildman–Crippen MR) is 105 cm³/mol. The number of hydrogen-bond donors (Lipinski definition) is 1. The van der Waals surface area contributed by atoms with Crippen LogP contribution >= 0.6 is 0 Å². The van der Waals surface area contributed by atoms with Gasteiger partial charge in [-0.3, -0.25) is 0 Å². The minimum atomic E-state index is -1.02. The Morgan fingerprint density at radius 2 is 1.27 bits per heavy atom. The molecule has 0 aromatic carbocycles. The molecule has 1 aliphatic rings. The first-order valence-corrected chi connectivity index (χ1v) is 10.7. The minimum absolute atomic E-state index is 0.157. The summed E-state index contributed by atoms with van der Waals surface area (Å²) in [6.07, 6.45) is 18.2. The fraction of sp³-hybridized carbons (Fsp3) is 0.818. The maximum atomic E-state index is 11.5. The molecule has 0 bridgehead atoms. The number of carbonyl (C=O) groups excluding carboxylic acids is 1. The van der Waals surface area contributed by atoms with Crippen LogP contribution in [0.15, 0.2) is 11.1 Å². The summed E-state index contributed by atoms with van der Waals surface area (Å²) in [5.74, 6) is -1.50. The van der Waals surface area contributed by atoms with Crippen LogP contribution < -0.4 is 0 Å². The third-order valence-corrected chi connectivity index (χ3v) is 5.33. The van der Waals surface area contributed by atoms with Crippen LogP contribution in [0.2, 0.25) is 0 Å². The van der Waals surface area contributed by atoms with E-state index in [0.29, 0.717) is 6.42 Å². The average Bonchev–Trinajstić information content (AvgIpc) is 2.89. The standard InChI is InChI=1S/C22H38O4/c1-3-4-5-6-7-8-9-10-11-12-13-14-15-16-17-19-20(21(23)24)18(2)22(25)26-19/h19H,3-17H2,1-2H3,(H,23,24)/t19-/m0/s1. The molecule has 0 aromatic heterocycles. The van der Waals surface area contributed by atoms with Crippen LogP contribution in [-0.2, 0) is 14.3 Å². The van der Waals surface area contributed by atoms with Gasteiger partial charge in [0.2, 0.25) is 0 Å². The maximum Gasteiger partial charge on any atom is 0.335 e. The van der Waals surface area contributed by atoms with Crippen LogP contribution in [-0.4, -0.2) is 23.1 Å². The van der Waals surface area contributed by atoms with E-state index in [-0.39, 0.29) is 11.1 Å². The second-order valence-corrected chi connectivity index (χ2v) is 7.62. The highest BCUT2D eigenvalue weighted by Crippen LogP contribution is 2.26. The molecule has 150 valence electrons. The molecular formula is C22H38O4. The van der Waals surface area contributed by atoms with Gasteiger partial charge in [-0.1, -0.05) is 90.4 Å². The Balaban J connectivity index is 1.93. The lowest BCUT2D eigenvalue weighted by molar-refractivity contribution is -0.140. The molecule has 4 nitrogen and oxygen atoms in total. The quantitative estimate of drug-likeness (QED) is 0.261. The Morgan fingerprint density at radius 3 is 1.69 bits per heavy atom. The van der Waals surface area contributed by atoms with E-state index in [1.54, 1.807) is 0 Å². The largest absolute Gasteiger partial charge is 0.478 e. The first-order chi connectivity index (χ1) is 12.6. The number of esters is 1. The first-order valence-electron chi connectivity index (χ1n) is 10.7. The highest BCUT2D eigenvalue weighted by Gasteiger charge is 2.35. The smallest absolute Gasteiger partial charge is 0.335 e. The molecule has 0 aromatic rings. The molecule has 0 unspecified atom stereocenters. The number of carboxylic acid groups (broad SMARTS) is 1. The Bertz CT molecular complexity index is 453. The zero-order valence-corrected chi connectivity index (χ0v) is 16.9. The number of carboxylic acids is 1. The van der Waals surface area contributed by atoms with Gasteiger partial charge in [0.15, 0.2) is 0 Å². The van der Waals surface area contributed by atoms with Crippen LogP contribution in [0.25, 0.3) is 0 Å². The summed E-state index contributed by atoms with van der Waals surface area (Å²) in [5, 5.41) is 9.20. The van der Waals surface area contributed by atoms with Crippen molar-refractivity contribution >= 4 is 11.9 Å². The third kappa shape index (κ3) is 8.86. The van der Waals surface area contributed by atoms with E-state index in [2.05, 4.69) is 6.92 Å². The second-order valence-electron chi connectivity index (χ2n) is 7.62. The van der Waals surface area contributed by atoms with E-state index in [1.165, 1.54) is 84.0 Å². The number of ether oxygens (including phenoxy) is 1. The molecule has 1 N–H and O–H groups in total. The summed E-state index contributed by atoms with van der Waals surface area (Å²) in [6, 6.07) is 0. The van der Waals surface area contributed by atoms with E-state index in [4.69, 9.17) is 4.74 Å². The molecule has 0 aliphatic carbocycles. The minimum Gasteiger partial charge on any atom is -0.478 e. The Morgan fingerprint density at radius 1 is 0.846 bits per heavy atom. The summed E-state index contributed by atoms with van der Waals surface area (Å²) < 4.78 is 5.17. The van der Waals surface area contributed by atoms with Crippen molar-refractivity contribution in [2.45, 2.75) is 116 Å². The van der Waals surface area contributed by atoms with Crippen LogP contribution in [0.1, 0.15) is 110 Å². The Kier molecular flexibility index (Phi) is 12.1. The number of aliphatic carboxylic acids is 1. The lowest BCUT2D eigenvalue weighted by Crippen LogP contribution is -2.17. The van der Waals surface area contributed by atoms with Crippen molar-refractivity contribution in [3.63, 3.8) is 0 Å². The number of carbonyl (C=O) groups is 2. The molecule has 0 saturated carbocycles. The predicted octanol–water partition coefficient (Wildman–Crippen LogP) is 6.18. The van der Waals surface area contributed by atoms with E-state index < -0.39 is 18.0 Å². The molecule has 0 amide bonds. The number of cyclic esters (lactones) is 1. The summed E-state index contributed by atoms with van der Waals surface area (Å²) in [4.78, 5) is 22.7. The van der Waals surface area contributed by atoms with Gasteiger partial charge in [0.25, 0.3) is 0 Å². The Labute approximate surface area is 159 Å². The molecule has 1 rings (SSSR count). The van der Waals surface area contributed by atoms with Crippen molar-refractivity contribution in [2.24, 2.45) is 0 Å². The highest BCUT2D eigenvalue weighted by atomic mass is 16.5. The average molecular weight is 367 g/mol. The van der Waals surface area contributed by atoms with Crippen molar-refractivity contribution in [1.29, 1.82) is 0 Å². The van der Waals surface area contributed by atoms with Crippen LogP contribution in [0.4, 0.5) is 0 Å². The van der Waals surface area contributed by atoms with Crippen molar-refractivity contribution in [1.82, 2.24) is 0 Å². The highest BCUT2D eigenvalue weighted by molar-refractivity contribution is 6.03. The molecule has 1 atom stereocenters. The molecule has 0 radical (unpaired) electrons. The zero-order valence-electron chi connectivity index (χ0n) is 16.9. The number of unbranched alkanes of at least 4 members (excludes halogenated alkanes) is 13. The molecule has 0 saturated heterocycles. The van der Waals surface area contributed by atoms with Gasteiger partial charge < -0.3 is 9.84 Å². The van der Waals surface area contributed by atoms with E-state index in [0.717, 1.165) is 12.8 Å². The summed E-state index contributed by atoms with van der Waals surface area (Å²) in [7, 11) is 0. The van der Waals surface area contributed by atoms with Crippen LogP contribution in [0.5, 0.6) is 0 Å². The van der Waals surface area contributed by atoms with E-state index >= 15 is 0 Å². The number of hydrogen-bond acceptors (Lipinski definition) is 3. The van der Waals surface area contributed by atoms with E-state index in [1.807, 2.05) is 0 Å². The van der Waals surface area contributed by atoms with Crippen LogP contribution in [0.3, 0.4) is 0 Å². The van der Waals surface area contributed by atoms with Gasteiger partial charge in [0, 0.05) is 5.57 Å². The van der Waals surface area contributed by atoms with Gasteiger partial charge in [0.05, 0.1) is 5.57 Å². The van der Waals surface area contributed by atoms with Crippen molar-refractivity contribution in [2.75, 3.05) is 0 Å². The molecule has 1 aliphatic heterocycles. The molecule has 1 heterocycles. The molecule has 26 heavy (non-hydrogen) atoms. The van der Waals surface area contributed by atoms with Crippen LogP contribution in [0, 0.1) is 0 Å². The van der Waals surface area contributed by atoms with Gasteiger partial charge in [-0.05, 0) is 19.8 Å². The molecule has 4 heteroatoms. The lowest BCUT2D eigenvalue weighted by Gasteiger charge is -2.11.